The Morgan fingerprint density at radius 1 is 1.00 bits per heavy atom. The van der Waals surface area contributed by atoms with Gasteiger partial charge in [0.1, 0.15) is 0 Å². The Balaban J connectivity index is 2.20. The van der Waals surface area contributed by atoms with Crippen LogP contribution in [0.15, 0.2) is 18.2 Å². The highest BCUT2D eigenvalue weighted by Crippen LogP contribution is 2.34. The molecule has 1 aromatic carbocycles. The Labute approximate surface area is 105 Å². The molecule has 94 valence electrons. The molecule has 17 heavy (non-hydrogen) atoms. The molecular weight excluding hydrogens is 206 g/mol. The van der Waals surface area contributed by atoms with Crippen LogP contribution in [0.1, 0.15) is 61.3 Å². The van der Waals surface area contributed by atoms with Crippen LogP contribution in [0.4, 0.5) is 0 Å². The summed E-state index contributed by atoms with van der Waals surface area (Å²) in [7, 11) is 0. The fourth-order valence-corrected chi connectivity index (χ4v) is 3.26. The van der Waals surface area contributed by atoms with Gasteiger partial charge in [0.25, 0.3) is 0 Å². The SMILES string of the molecule is Cc1cccc(C)c1C(N)C1CCCCCC1. The average molecular weight is 231 g/mol. The quantitative estimate of drug-likeness (QED) is 0.756. The van der Waals surface area contributed by atoms with E-state index < -0.39 is 0 Å². The van der Waals surface area contributed by atoms with E-state index in [2.05, 4.69) is 32.0 Å². The first-order valence-electron chi connectivity index (χ1n) is 7.02. The van der Waals surface area contributed by atoms with Gasteiger partial charge in [0.15, 0.2) is 0 Å². The summed E-state index contributed by atoms with van der Waals surface area (Å²) in [4.78, 5) is 0. The number of aryl methyl sites for hydroxylation is 2. The molecule has 1 heteroatoms. The van der Waals surface area contributed by atoms with Gasteiger partial charge in [-0.05, 0) is 49.3 Å². The monoisotopic (exact) mass is 231 g/mol. The molecule has 0 aliphatic heterocycles. The standard InChI is InChI=1S/C16H25N/c1-12-8-7-9-13(2)15(12)16(17)14-10-5-3-4-6-11-14/h7-9,14,16H,3-6,10-11,17H2,1-2H3. The minimum atomic E-state index is 0.245. The molecule has 1 unspecified atom stereocenters. The van der Waals surface area contributed by atoms with Crippen molar-refractivity contribution >= 4 is 0 Å². The van der Waals surface area contributed by atoms with E-state index in [0.29, 0.717) is 5.92 Å². The first kappa shape index (κ1) is 12.6. The van der Waals surface area contributed by atoms with Gasteiger partial charge in [-0.15, -0.1) is 0 Å². The molecule has 0 bridgehead atoms. The number of nitrogens with two attached hydrogens (primary N) is 1. The van der Waals surface area contributed by atoms with Crippen LogP contribution in [0.3, 0.4) is 0 Å². The van der Waals surface area contributed by atoms with Gasteiger partial charge in [-0.1, -0.05) is 43.9 Å². The van der Waals surface area contributed by atoms with E-state index in [0.717, 1.165) is 0 Å². The second-order valence-corrected chi connectivity index (χ2v) is 5.58. The summed E-state index contributed by atoms with van der Waals surface area (Å²) in [5.41, 5.74) is 10.7. The number of benzene rings is 1. The molecule has 0 saturated heterocycles. The zero-order valence-electron chi connectivity index (χ0n) is 11.2. The molecule has 0 aromatic heterocycles. The minimum absolute atomic E-state index is 0.245. The third-order valence-electron chi connectivity index (χ3n) is 4.28. The van der Waals surface area contributed by atoms with Crippen molar-refractivity contribution in [2.75, 3.05) is 0 Å². The maximum Gasteiger partial charge on any atom is 0.0328 e. The van der Waals surface area contributed by atoms with Gasteiger partial charge < -0.3 is 5.73 Å². The van der Waals surface area contributed by atoms with Crippen molar-refractivity contribution in [1.82, 2.24) is 0 Å². The van der Waals surface area contributed by atoms with Crippen LogP contribution in [0.5, 0.6) is 0 Å². The zero-order valence-corrected chi connectivity index (χ0v) is 11.2. The van der Waals surface area contributed by atoms with E-state index in [9.17, 15) is 0 Å². The Kier molecular flexibility index (Phi) is 4.22. The van der Waals surface area contributed by atoms with E-state index in [-0.39, 0.29) is 6.04 Å². The van der Waals surface area contributed by atoms with Crippen LogP contribution in [0, 0.1) is 19.8 Å². The molecule has 1 aromatic rings. The molecule has 0 amide bonds. The van der Waals surface area contributed by atoms with Crippen molar-refractivity contribution < 1.29 is 0 Å². The molecule has 1 atom stereocenters. The van der Waals surface area contributed by atoms with E-state index in [4.69, 9.17) is 5.73 Å². The topological polar surface area (TPSA) is 26.0 Å². The molecule has 1 saturated carbocycles. The average Bonchev–Trinajstić information content (AvgIpc) is 2.57. The van der Waals surface area contributed by atoms with Gasteiger partial charge in [0.05, 0.1) is 0 Å². The van der Waals surface area contributed by atoms with Crippen molar-refractivity contribution in [3.05, 3.63) is 34.9 Å². The van der Waals surface area contributed by atoms with Crippen LogP contribution < -0.4 is 5.73 Å². The lowest BCUT2D eigenvalue weighted by Gasteiger charge is -2.25. The third kappa shape index (κ3) is 2.90. The summed E-state index contributed by atoms with van der Waals surface area (Å²) in [6.45, 7) is 4.39. The number of hydrogen-bond acceptors (Lipinski definition) is 1. The lowest BCUT2D eigenvalue weighted by Crippen LogP contribution is -2.23. The summed E-state index contributed by atoms with van der Waals surface area (Å²) < 4.78 is 0. The number of rotatable bonds is 2. The molecule has 0 radical (unpaired) electrons. The predicted molar refractivity (Wildman–Crippen MR) is 74.0 cm³/mol. The zero-order chi connectivity index (χ0) is 12.3. The van der Waals surface area contributed by atoms with Crippen LogP contribution in [0.25, 0.3) is 0 Å². The minimum Gasteiger partial charge on any atom is -0.324 e. The van der Waals surface area contributed by atoms with Crippen LogP contribution >= 0.6 is 0 Å². The molecule has 0 spiro atoms. The normalized spacial score (nSPS) is 19.9. The van der Waals surface area contributed by atoms with Crippen molar-refractivity contribution in [2.45, 2.75) is 58.4 Å². The maximum atomic E-state index is 6.54. The molecule has 2 rings (SSSR count). The summed E-state index contributed by atoms with van der Waals surface area (Å²) in [5.74, 6) is 0.692. The van der Waals surface area contributed by atoms with Crippen LogP contribution in [-0.2, 0) is 0 Å². The van der Waals surface area contributed by atoms with Gasteiger partial charge in [-0.2, -0.15) is 0 Å². The fourth-order valence-electron chi connectivity index (χ4n) is 3.26. The highest BCUT2D eigenvalue weighted by atomic mass is 14.7. The summed E-state index contributed by atoms with van der Waals surface area (Å²) in [6, 6.07) is 6.76. The first-order chi connectivity index (χ1) is 8.20. The summed E-state index contributed by atoms with van der Waals surface area (Å²) in [5, 5.41) is 0. The molecule has 0 heterocycles. The molecular formula is C16H25N. The third-order valence-corrected chi connectivity index (χ3v) is 4.28. The maximum absolute atomic E-state index is 6.54. The van der Waals surface area contributed by atoms with E-state index in [1.165, 1.54) is 55.2 Å². The van der Waals surface area contributed by atoms with Crippen LogP contribution in [-0.4, -0.2) is 0 Å². The Morgan fingerprint density at radius 2 is 1.53 bits per heavy atom. The van der Waals surface area contributed by atoms with E-state index in [1.54, 1.807) is 0 Å². The van der Waals surface area contributed by atoms with Gasteiger partial charge in [-0.3, -0.25) is 0 Å². The summed E-state index contributed by atoms with van der Waals surface area (Å²) in [6.07, 6.45) is 8.16. The van der Waals surface area contributed by atoms with Crippen LogP contribution in [0.2, 0.25) is 0 Å². The highest BCUT2D eigenvalue weighted by molar-refractivity contribution is 5.36. The van der Waals surface area contributed by atoms with E-state index >= 15 is 0 Å². The Hall–Kier alpha value is -0.820. The first-order valence-corrected chi connectivity index (χ1v) is 7.02. The van der Waals surface area contributed by atoms with Crippen molar-refractivity contribution in [2.24, 2.45) is 11.7 Å². The summed E-state index contributed by atoms with van der Waals surface area (Å²) >= 11 is 0. The lowest BCUT2D eigenvalue weighted by molar-refractivity contribution is 0.380. The predicted octanol–water partition coefficient (Wildman–Crippen LogP) is 4.27. The molecule has 1 fully saturated rings. The highest BCUT2D eigenvalue weighted by Gasteiger charge is 2.23. The molecule has 1 aliphatic rings. The lowest BCUT2D eigenvalue weighted by atomic mass is 9.84. The van der Waals surface area contributed by atoms with Gasteiger partial charge >= 0.3 is 0 Å². The Bertz CT molecular complexity index is 342. The molecule has 1 nitrogen and oxygen atoms in total. The molecule has 2 N–H and O–H groups in total. The van der Waals surface area contributed by atoms with E-state index in [1.807, 2.05) is 0 Å². The largest absolute Gasteiger partial charge is 0.324 e. The smallest absolute Gasteiger partial charge is 0.0328 e. The van der Waals surface area contributed by atoms with Gasteiger partial charge in [0.2, 0.25) is 0 Å². The molecule has 1 aliphatic carbocycles. The van der Waals surface area contributed by atoms with Crippen molar-refractivity contribution in [3.8, 4) is 0 Å². The van der Waals surface area contributed by atoms with Gasteiger partial charge in [-0.25, -0.2) is 0 Å². The number of hydrogen-bond donors (Lipinski definition) is 1. The van der Waals surface area contributed by atoms with Crippen molar-refractivity contribution in [3.63, 3.8) is 0 Å². The fraction of sp³-hybridized carbons (Fsp3) is 0.625. The van der Waals surface area contributed by atoms with Gasteiger partial charge in [0, 0.05) is 6.04 Å². The Morgan fingerprint density at radius 3 is 2.06 bits per heavy atom. The second-order valence-electron chi connectivity index (χ2n) is 5.58. The second kappa shape index (κ2) is 5.68. The van der Waals surface area contributed by atoms with Crippen molar-refractivity contribution in [1.29, 1.82) is 0 Å².